The summed E-state index contributed by atoms with van der Waals surface area (Å²) in [7, 11) is 88.8. The first-order valence-electron chi connectivity index (χ1n) is 20.3. The number of para-hydroxylation sites is 2. The summed E-state index contributed by atoms with van der Waals surface area (Å²) in [5.41, 5.74) is 10.5. The molecule has 0 bridgehead atoms. The monoisotopic (exact) mass is 776 g/mol. The molecule has 26 radical (unpaired) electrons. The molecule has 0 fully saturated rings. The van der Waals surface area contributed by atoms with Gasteiger partial charge in [-0.05, 0) is 89.0 Å². The van der Waals surface area contributed by atoms with Crippen LogP contribution < -0.4 is 71.0 Å². The molecular weight excluding hydrogens is 757 g/mol. The number of hydrogen-bond acceptors (Lipinski definition) is 1. The van der Waals surface area contributed by atoms with Gasteiger partial charge < -0.3 is 0 Å². The maximum absolute atomic E-state index is 7.22. The van der Waals surface area contributed by atoms with Crippen molar-refractivity contribution in [1.29, 1.82) is 0 Å². The standard InChI is InChI=1S/C49H17B13N2/c50-35-31-29(22-10-3-4-11-25(22)49-63-26-14-5-6-15-27(26)64(49)48-46(61)44(59)43(58)45(60)47(48)62)32-34(38(53)42(57)40(55)36(32)51)30(33(31)37(52)41(56)39(35)54)24-17-16-23-19-9-2-1-8-18(19)20-12-7-13-21(24)28(20)23/h1-17H. The first-order valence-corrected chi connectivity index (χ1v) is 20.3. The second kappa shape index (κ2) is 14.5. The number of aromatic nitrogens is 2. The maximum Gasteiger partial charge on any atom is 0.146 e. The zero-order valence-corrected chi connectivity index (χ0v) is 34.2. The lowest BCUT2D eigenvalue weighted by Gasteiger charge is -2.29. The predicted octanol–water partition coefficient (Wildman–Crippen LogP) is -2.55. The minimum absolute atomic E-state index is 0.0720. The van der Waals surface area contributed by atoms with Crippen LogP contribution in [0.15, 0.2) is 103 Å². The Morgan fingerprint density at radius 2 is 0.688 bits per heavy atom. The van der Waals surface area contributed by atoms with Crippen molar-refractivity contribution >= 4 is 216 Å². The topological polar surface area (TPSA) is 17.8 Å². The molecule has 0 saturated carbocycles. The van der Waals surface area contributed by atoms with Crippen molar-refractivity contribution < 1.29 is 0 Å². The molecular formula is C49H17B13N2. The van der Waals surface area contributed by atoms with Crippen molar-refractivity contribution in [2.45, 2.75) is 0 Å². The number of nitrogens with zero attached hydrogens (tertiary/aromatic N) is 2. The van der Waals surface area contributed by atoms with Gasteiger partial charge in [0.15, 0.2) is 0 Å². The third kappa shape index (κ3) is 5.36. The summed E-state index contributed by atoms with van der Waals surface area (Å²) < 4.78 is 1.81. The molecule has 1 heterocycles. The van der Waals surface area contributed by atoms with Gasteiger partial charge in [-0.2, -0.15) is 0 Å². The molecule has 0 spiro atoms. The van der Waals surface area contributed by atoms with Crippen molar-refractivity contribution in [2.24, 2.45) is 0 Å². The molecule has 0 saturated heterocycles. The van der Waals surface area contributed by atoms with Gasteiger partial charge in [0.25, 0.3) is 0 Å². The molecule has 15 heteroatoms. The van der Waals surface area contributed by atoms with E-state index in [4.69, 9.17) is 107 Å². The molecule has 1 aliphatic carbocycles. The third-order valence-corrected chi connectivity index (χ3v) is 13.0. The molecule has 10 aromatic rings. The number of imidazole rings is 1. The summed E-state index contributed by atoms with van der Waals surface area (Å²) in [6.07, 6.45) is 0. The Kier molecular flexibility index (Phi) is 9.28. The van der Waals surface area contributed by atoms with Crippen LogP contribution in [-0.4, -0.2) is 112 Å². The van der Waals surface area contributed by atoms with Crippen LogP contribution in [0.4, 0.5) is 0 Å². The van der Waals surface area contributed by atoms with E-state index in [2.05, 4.69) is 36.4 Å². The van der Waals surface area contributed by atoms with Crippen molar-refractivity contribution in [1.82, 2.24) is 9.55 Å². The summed E-state index contributed by atoms with van der Waals surface area (Å²) in [6.45, 7) is 0. The van der Waals surface area contributed by atoms with Crippen LogP contribution in [0, 0.1) is 0 Å². The Labute approximate surface area is 388 Å². The first-order chi connectivity index (χ1) is 30.7. The fourth-order valence-corrected chi connectivity index (χ4v) is 9.92. The number of rotatable bonds is 4. The van der Waals surface area contributed by atoms with Crippen LogP contribution in [-0.2, 0) is 0 Å². The van der Waals surface area contributed by atoms with Crippen LogP contribution in [0.1, 0.15) is 0 Å². The second-order valence-corrected chi connectivity index (χ2v) is 16.2. The summed E-state index contributed by atoms with van der Waals surface area (Å²) in [5.74, 6) is 0.404. The molecule has 1 aromatic heterocycles. The van der Waals surface area contributed by atoms with Gasteiger partial charge in [-0.15, -0.1) is 38.2 Å². The highest BCUT2D eigenvalue weighted by atomic mass is 15.1. The minimum atomic E-state index is 0.0720. The zero-order valence-electron chi connectivity index (χ0n) is 34.2. The van der Waals surface area contributed by atoms with Crippen LogP contribution >= 0.6 is 0 Å². The van der Waals surface area contributed by atoms with E-state index in [9.17, 15) is 0 Å². The lowest BCUT2D eigenvalue weighted by atomic mass is 9.59. The van der Waals surface area contributed by atoms with Gasteiger partial charge in [0.2, 0.25) is 0 Å². The normalized spacial score (nSPS) is 11.9. The second-order valence-electron chi connectivity index (χ2n) is 16.2. The Bertz CT molecular complexity index is 3640. The molecule has 0 atom stereocenters. The van der Waals surface area contributed by atoms with Gasteiger partial charge in [0, 0.05) is 11.3 Å². The highest BCUT2D eigenvalue weighted by Gasteiger charge is 2.30. The quantitative estimate of drug-likeness (QED) is 0.143. The van der Waals surface area contributed by atoms with E-state index in [1.54, 1.807) is 0 Å². The lowest BCUT2D eigenvalue weighted by Crippen LogP contribution is -2.56. The maximum atomic E-state index is 7.22. The molecule has 9 aromatic carbocycles. The third-order valence-electron chi connectivity index (χ3n) is 13.0. The molecule has 1 aliphatic rings. The molecule has 0 unspecified atom stereocenters. The smallest absolute Gasteiger partial charge is 0.146 e. The number of fused-ring (bicyclic) bond motifs is 6. The molecule has 0 N–H and O–H groups in total. The van der Waals surface area contributed by atoms with E-state index in [0.29, 0.717) is 66.3 Å². The van der Waals surface area contributed by atoms with Gasteiger partial charge in [0.05, 0.1) is 11.0 Å². The van der Waals surface area contributed by atoms with E-state index in [-0.39, 0.29) is 71.0 Å². The summed E-state index contributed by atoms with van der Waals surface area (Å²) >= 11 is 0. The summed E-state index contributed by atoms with van der Waals surface area (Å²) in [5, 5.41) is 3.84. The summed E-state index contributed by atoms with van der Waals surface area (Å²) in [6, 6.07) is 33.8. The number of benzene rings is 9. The zero-order chi connectivity index (χ0) is 44.8. The minimum Gasteiger partial charge on any atom is -0.294 e. The van der Waals surface area contributed by atoms with Gasteiger partial charge in [-0.25, -0.2) is 4.98 Å². The molecule has 262 valence electrons. The highest BCUT2D eigenvalue weighted by molar-refractivity contribution is 6.72. The van der Waals surface area contributed by atoms with E-state index in [1.165, 1.54) is 0 Å². The Morgan fingerprint density at radius 1 is 0.297 bits per heavy atom. The Hall–Kier alpha value is -5.93. The average molecular weight is 774 g/mol. The van der Waals surface area contributed by atoms with Crippen molar-refractivity contribution in [2.75, 3.05) is 0 Å². The molecule has 0 amide bonds. The largest absolute Gasteiger partial charge is 0.294 e. The average Bonchev–Trinajstić information content (AvgIpc) is 3.86. The highest BCUT2D eigenvalue weighted by Crippen LogP contribution is 2.51. The van der Waals surface area contributed by atoms with Crippen LogP contribution in [0.25, 0.3) is 105 Å². The van der Waals surface area contributed by atoms with E-state index >= 15 is 0 Å². The van der Waals surface area contributed by atoms with Gasteiger partial charge in [-0.3, -0.25) is 4.57 Å². The van der Waals surface area contributed by atoms with Crippen LogP contribution in [0.3, 0.4) is 0 Å². The Morgan fingerprint density at radius 3 is 1.23 bits per heavy atom. The van der Waals surface area contributed by atoms with Crippen molar-refractivity contribution in [3.05, 3.63) is 103 Å². The fourth-order valence-electron chi connectivity index (χ4n) is 9.92. The van der Waals surface area contributed by atoms with Crippen LogP contribution in [0.2, 0.25) is 0 Å². The van der Waals surface area contributed by atoms with Gasteiger partial charge >= 0.3 is 0 Å². The SMILES string of the molecule is [B]c1c([B])c([B])c(-n2c(-c3ccccc3-c3c4c([B])c([B])c([B])c([B])c4c(-c4ccc5c6c(cccc46)-c4ccccc4-5)c4c([B])c([B])c([B])c([B])c34)nc3ccccc32)c([B])c1[B]. The predicted molar refractivity (Wildman–Crippen MR) is 284 cm³/mol. The summed E-state index contributed by atoms with van der Waals surface area (Å²) in [4.78, 5) is 5.19. The molecule has 64 heavy (non-hydrogen) atoms. The van der Waals surface area contributed by atoms with Gasteiger partial charge in [-0.1, -0.05) is 124 Å². The first kappa shape index (κ1) is 40.8. The number of hydrogen-bond donors (Lipinski definition) is 0. The van der Waals surface area contributed by atoms with Crippen molar-refractivity contribution in [3.63, 3.8) is 0 Å². The van der Waals surface area contributed by atoms with E-state index in [1.807, 2.05) is 71.3 Å². The fraction of sp³-hybridized carbons (Fsp3) is 0. The van der Waals surface area contributed by atoms with Crippen LogP contribution in [0.5, 0.6) is 0 Å². The molecule has 0 aliphatic heterocycles. The van der Waals surface area contributed by atoms with Crippen molar-refractivity contribution in [3.8, 4) is 61.6 Å². The molecule has 11 rings (SSSR count). The van der Waals surface area contributed by atoms with Gasteiger partial charge in [0.1, 0.15) is 108 Å². The Balaban J connectivity index is 1.35. The lowest BCUT2D eigenvalue weighted by molar-refractivity contribution is 1.12. The van der Waals surface area contributed by atoms with E-state index < -0.39 is 0 Å². The van der Waals surface area contributed by atoms with E-state index in [0.717, 1.165) is 38.6 Å². The molecule has 2 nitrogen and oxygen atoms in total.